The highest BCUT2D eigenvalue weighted by molar-refractivity contribution is 5.52. The van der Waals surface area contributed by atoms with Crippen molar-refractivity contribution in [2.24, 2.45) is 0 Å². The second kappa shape index (κ2) is 2.59. The molecule has 0 atom stereocenters. The molecule has 0 radical (unpaired) electrons. The van der Waals surface area contributed by atoms with Crippen molar-refractivity contribution in [2.75, 3.05) is 5.73 Å². The van der Waals surface area contributed by atoms with Crippen molar-refractivity contribution in [3.8, 4) is 12.3 Å². The van der Waals surface area contributed by atoms with E-state index in [4.69, 9.17) is 12.2 Å². The minimum absolute atomic E-state index is 0.160. The molecule has 0 saturated carbocycles. The van der Waals surface area contributed by atoms with E-state index in [1.807, 2.05) is 0 Å². The van der Waals surface area contributed by atoms with Crippen LogP contribution >= 0.6 is 0 Å². The van der Waals surface area contributed by atoms with Gasteiger partial charge in [0.05, 0.1) is 5.69 Å². The van der Waals surface area contributed by atoms with Gasteiger partial charge in [-0.25, -0.2) is 4.98 Å². The average molecular weight is 150 g/mol. The van der Waals surface area contributed by atoms with Gasteiger partial charge in [-0.15, -0.1) is 6.42 Å². The monoisotopic (exact) mass is 150 g/mol. The first kappa shape index (κ1) is 7.55. The number of hydrogen-bond acceptors (Lipinski definition) is 2. The number of pyridine rings is 1. The molecule has 1 aromatic heterocycles. The topological polar surface area (TPSA) is 38.9 Å². The van der Waals surface area contributed by atoms with E-state index in [0.717, 1.165) is 0 Å². The molecule has 0 unspecified atom stereocenters. The Morgan fingerprint density at radius 2 is 2.36 bits per heavy atom. The van der Waals surface area contributed by atoms with Crippen LogP contribution in [-0.2, 0) is 0 Å². The zero-order chi connectivity index (χ0) is 8.43. The van der Waals surface area contributed by atoms with Crippen molar-refractivity contribution < 1.29 is 4.39 Å². The van der Waals surface area contributed by atoms with Crippen LogP contribution in [0.25, 0.3) is 0 Å². The molecule has 3 heteroatoms. The van der Waals surface area contributed by atoms with Crippen molar-refractivity contribution in [1.29, 1.82) is 0 Å². The second-order valence-corrected chi connectivity index (χ2v) is 2.18. The van der Waals surface area contributed by atoms with Crippen LogP contribution in [0.15, 0.2) is 6.07 Å². The van der Waals surface area contributed by atoms with Gasteiger partial charge in [0.15, 0.2) is 0 Å². The minimum Gasteiger partial charge on any atom is -0.396 e. The molecule has 0 aliphatic heterocycles. The molecule has 0 saturated heterocycles. The van der Waals surface area contributed by atoms with Crippen LogP contribution in [0.4, 0.5) is 10.1 Å². The summed E-state index contributed by atoms with van der Waals surface area (Å²) in [5, 5.41) is 0. The standard InChI is InChI=1S/C8H7FN2/c1-3-7-6(10)4-5(2)8(9)11-7/h1,4H,10H2,2H3. The maximum atomic E-state index is 12.7. The molecule has 56 valence electrons. The van der Waals surface area contributed by atoms with Crippen LogP contribution in [0.3, 0.4) is 0 Å². The van der Waals surface area contributed by atoms with Gasteiger partial charge in [0.25, 0.3) is 0 Å². The fourth-order valence-electron chi connectivity index (χ4n) is 0.728. The van der Waals surface area contributed by atoms with E-state index in [1.165, 1.54) is 6.07 Å². The van der Waals surface area contributed by atoms with Crippen molar-refractivity contribution in [3.63, 3.8) is 0 Å². The molecular weight excluding hydrogens is 143 g/mol. The van der Waals surface area contributed by atoms with E-state index in [1.54, 1.807) is 6.92 Å². The Morgan fingerprint density at radius 1 is 1.73 bits per heavy atom. The summed E-state index contributed by atoms with van der Waals surface area (Å²) in [6.07, 6.45) is 5.01. The molecule has 0 bridgehead atoms. The summed E-state index contributed by atoms with van der Waals surface area (Å²) in [5.74, 6) is 1.62. The van der Waals surface area contributed by atoms with E-state index in [-0.39, 0.29) is 5.69 Å². The van der Waals surface area contributed by atoms with E-state index in [0.29, 0.717) is 11.3 Å². The SMILES string of the molecule is C#Cc1nc(F)c(C)cc1N. The van der Waals surface area contributed by atoms with Gasteiger partial charge in [-0.05, 0) is 18.9 Å². The summed E-state index contributed by atoms with van der Waals surface area (Å²) < 4.78 is 12.7. The molecule has 1 rings (SSSR count). The van der Waals surface area contributed by atoms with E-state index >= 15 is 0 Å². The number of anilines is 1. The fraction of sp³-hybridized carbons (Fsp3) is 0.125. The lowest BCUT2D eigenvalue weighted by Gasteiger charge is -1.99. The number of nitrogen functional groups attached to an aromatic ring is 1. The van der Waals surface area contributed by atoms with Crippen LogP contribution in [0.2, 0.25) is 0 Å². The summed E-state index contributed by atoms with van der Waals surface area (Å²) in [6, 6.07) is 1.47. The zero-order valence-electron chi connectivity index (χ0n) is 6.06. The van der Waals surface area contributed by atoms with Gasteiger partial charge < -0.3 is 5.73 Å². The normalized spacial score (nSPS) is 9.18. The van der Waals surface area contributed by atoms with Crippen molar-refractivity contribution in [1.82, 2.24) is 4.98 Å². The van der Waals surface area contributed by atoms with Gasteiger partial charge in [0.1, 0.15) is 5.69 Å². The van der Waals surface area contributed by atoms with Crippen molar-refractivity contribution in [3.05, 3.63) is 23.3 Å². The molecule has 2 nitrogen and oxygen atoms in total. The molecule has 1 heterocycles. The first-order valence-electron chi connectivity index (χ1n) is 3.04. The summed E-state index contributed by atoms with van der Waals surface area (Å²) in [4.78, 5) is 3.46. The van der Waals surface area contributed by atoms with Crippen LogP contribution in [0.5, 0.6) is 0 Å². The van der Waals surface area contributed by atoms with Crippen LogP contribution in [-0.4, -0.2) is 4.98 Å². The third-order valence-corrected chi connectivity index (χ3v) is 1.32. The highest BCUT2D eigenvalue weighted by Gasteiger charge is 2.03. The Labute approximate surface area is 64.3 Å². The van der Waals surface area contributed by atoms with Gasteiger partial charge in [-0.3, -0.25) is 0 Å². The van der Waals surface area contributed by atoms with Gasteiger partial charge in [-0.1, -0.05) is 0 Å². The Balaban J connectivity index is 3.35. The summed E-state index contributed by atoms with van der Waals surface area (Å²) in [6.45, 7) is 1.58. The molecule has 0 amide bonds. The maximum Gasteiger partial charge on any atom is 0.217 e. The fourth-order valence-corrected chi connectivity index (χ4v) is 0.728. The second-order valence-electron chi connectivity index (χ2n) is 2.18. The zero-order valence-corrected chi connectivity index (χ0v) is 6.06. The Bertz CT molecular complexity index is 326. The highest BCUT2D eigenvalue weighted by atomic mass is 19.1. The van der Waals surface area contributed by atoms with Crippen LogP contribution in [0, 0.1) is 25.2 Å². The van der Waals surface area contributed by atoms with Crippen LogP contribution < -0.4 is 5.73 Å². The van der Waals surface area contributed by atoms with Gasteiger partial charge in [0.2, 0.25) is 5.95 Å². The van der Waals surface area contributed by atoms with Crippen molar-refractivity contribution >= 4 is 5.69 Å². The predicted molar refractivity (Wildman–Crippen MR) is 41.3 cm³/mol. The summed E-state index contributed by atoms with van der Waals surface area (Å²) in [5.41, 5.74) is 6.33. The van der Waals surface area contributed by atoms with E-state index < -0.39 is 5.95 Å². The van der Waals surface area contributed by atoms with Gasteiger partial charge in [-0.2, -0.15) is 4.39 Å². The minimum atomic E-state index is -0.563. The summed E-state index contributed by atoms with van der Waals surface area (Å²) in [7, 11) is 0. The predicted octanol–water partition coefficient (Wildman–Crippen LogP) is 1.09. The number of rotatable bonds is 0. The molecule has 1 aromatic rings. The number of aromatic nitrogens is 1. The first-order chi connectivity index (χ1) is 5.15. The molecule has 0 aliphatic carbocycles. The van der Waals surface area contributed by atoms with E-state index in [2.05, 4.69) is 10.9 Å². The number of halogens is 1. The van der Waals surface area contributed by atoms with Gasteiger partial charge in [0, 0.05) is 5.56 Å². The number of hydrogen-bond donors (Lipinski definition) is 1. The molecule has 0 aromatic carbocycles. The number of nitrogens with two attached hydrogens (primary N) is 1. The molecular formula is C8H7FN2. The lowest BCUT2D eigenvalue weighted by Crippen LogP contribution is -1.98. The average Bonchev–Trinajstić information content (AvgIpc) is 1.97. The molecule has 0 fully saturated rings. The maximum absolute atomic E-state index is 12.7. The highest BCUT2D eigenvalue weighted by Crippen LogP contribution is 2.11. The lowest BCUT2D eigenvalue weighted by atomic mass is 10.2. The first-order valence-corrected chi connectivity index (χ1v) is 3.04. The quantitative estimate of drug-likeness (QED) is 0.444. The largest absolute Gasteiger partial charge is 0.396 e. The number of nitrogens with zero attached hydrogens (tertiary/aromatic N) is 1. The lowest BCUT2D eigenvalue weighted by molar-refractivity contribution is 0.573. The smallest absolute Gasteiger partial charge is 0.217 e. The number of aryl methyl sites for hydroxylation is 1. The Morgan fingerprint density at radius 3 is 2.91 bits per heavy atom. The summed E-state index contributed by atoms with van der Waals surface area (Å²) >= 11 is 0. The van der Waals surface area contributed by atoms with Gasteiger partial charge >= 0.3 is 0 Å². The Hall–Kier alpha value is -1.56. The van der Waals surface area contributed by atoms with Crippen LogP contribution in [0.1, 0.15) is 11.3 Å². The van der Waals surface area contributed by atoms with Crippen molar-refractivity contribution in [2.45, 2.75) is 6.92 Å². The Kier molecular flexibility index (Phi) is 1.77. The third-order valence-electron chi connectivity index (χ3n) is 1.32. The molecule has 2 N–H and O–H groups in total. The van der Waals surface area contributed by atoms with E-state index in [9.17, 15) is 4.39 Å². The molecule has 0 aliphatic rings. The third kappa shape index (κ3) is 1.30. The molecule has 11 heavy (non-hydrogen) atoms. The number of terminal acetylenes is 1. The molecule has 0 spiro atoms.